The average molecular weight is 260 g/mol. The number of aliphatic hydroxyl groups excluding tert-OH is 1. The number of hydrogen-bond donors (Lipinski definition) is 1. The van der Waals surface area contributed by atoms with Gasteiger partial charge in [-0.05, 0) is 48.8 Å². The van der Waals surface area contributed by atoms with Crippen LogP contribution in [-0.4, -0.2) is 12.2 Å². The van der Waals surface area contributed by atoms with E-state index in [9.17, 15) is 5.11 Å². The van der Waals surface area contributed by atoms with Crippen molar-refractivity contribution in [2.75, 3.05) is 7.11 Å². The Bertz CT molecular complexity index is 474. The van der Waals surface area contributed by atoms with Gasteiger partial charge >= 0.3 is 0 Å². The lowest BCUT2D eigenvalue weighted by atomic mass is 9.67. The minimum absolute atomic E-state index is 0.0326. The molecule has 0 saturated heterocycles. The van der Waals surface area contributed by atoms with Crippen LogP contribution in [-0.2, 0) is 0 Å². The molecule has 0 aromatic heterocycles. The maximum Gasteiger partial charge on any atom is 0.119 e. The first-order chi connectivity index (χ1) is 8.94. The van der Waals surface area contributed by atoms with Crippen molar-refractivity contribution in [3.8, 4) is 5.75 Å². The summed E-state index contributed by atoms with van der Waals surface area (Å²) in [6.07, 6.45) is 3.99. The van der Waals surface area contributed by atoms with E-state index in [1.54, 1.807) is 7.11 Å². The van der Waals surface area contributed by atoms with Crippen LogP contribution in [0, 0.1) is 11.3 Å². The van der Waals surface area contributed by atoms with Crippen LogP contribution >= 0.6 is 0 Å². The molecule has 1 N–H and O–H groups in total. The van der Waals surface area contributed by atoms with Gasteiger partial charge in [-0.25, -0.2) is 0 Å². The van der Waals surface area contributed by atoms with Gasteiger partial charge in [-0.3, -0.25) is 0 Å². The summed E-state index contributed by atoms with van der Waals surface area (Å²) in [5.74, 6) is 1.06. The van der Waals surface area contributed by atoms with Gasteiger partial charge in [0, 0.05) is 0 Å². The zero-order valence-corrected chi connectivity index (χ0v) is 12.3. The van der Waals surface area contributed by atoms with E-state index in [1.807, 2.05) is 24.3 Å². The lowest BCUT2D eigenvalue weighted by molar-refractivity contribution is 0.0436. The molecule has 0 aliphatic heterocycles. The summed E-state index contributed by atoms with van der Waals surface area (Å²) in [6.45, 7) is 6.60. The van der Waals surface area contributed by atoms with Crippen LogP contribution in [0.5, 0.6) is 5.75 Å². The summed E-state index contributed by atoms with van der Waals surface area (Å²) in [7, 11) is 1.65. The number of allylic oxidation sites excluding steroid dienone is 2. The molecule has 2 atom stereocenters. The Morgan fingerprint density at radius 3 is 2.74 bits per heavy atom. The van der Waals surface area contributed by atoms with Crippen molar-refractivity contribution in [3.63, 3.8) is 0 Å². The molecule has 2 heteroatoms. The van der Waals surface area contributed by atoms with E-state index >= 15 is 0 Å². The zero-order valence-electron chi connectivity index (χ0n) is 12.3. The van der Waals surface area contributed by atoms with Crippen LogP contribution in [0.1, 0.15) is 45.3 Å². The highest BCUT2D eigenvalue weighted by Crippen LogP contribution is 2.45. The molecule has 2 nitrogen and oxygen atoms in total. The highest BCUT2D eigenvalue weighted by atomic mass is 16.5. The average Bonchev–Trinajstić information content (AvgIpc) is 2.37. The molecule has 104 valence electrons. The summed E-state index contributed by atoms with van der Waals surface area (Å²) < 4.78 is 5.24. The highest BCUT2D eigenvalue weighted by Gasteiger charge is 2.36. The molecule has 0 saturated carbocycles. The minimum atomic E-state index is -0.436. The lowest BCUT2D eigenvalue weighted by Crippen LogP contribution is -2.31. The molecule has 19 heavy (non-hydrogen) atoms. The molecule has 1 aliphatic carbocycles. The number of hydrogen-bond acceptors (Lipinski definition) is 2. The molecule has 1 aromatic rings. The first-order valence-corrected chi connectivity index (χ1v) is 6.94. The molecule has 1 unspecified atom stereocenters. The quantitative estimate of drug-likeness (QED) is 0.829. The molecule has 0 fully saturated rings. The first-order valence-electron chi connectivity index (χ1n) is 6.94. The van der Waals surface area contributed by atoms with Crippen LogP contribution in [0.2, 0.25) is 0 Å². The Morgan fingerprint density at radius 1 is 1.37 bits per heavy atom. The fourth-order valence-electron chi connectivity index (χ4n) is 3.19. The van der Waals surface area contributed by atoms with Crippen LogP contribution in [0.3, 0.4) is 0 Å². The van der Waals surface area contributed by atoms with E-state index in [0.29, 0.717) is 0 Å². The van der Waals surface area contributed by atoms with Crippen molar-refractivity contribution in [2.24, 2.45) is 11.3 Å². The highest BCUT2D eigenvalue weighted by molar-refractivity contribution is 5.31. The summed E-state index contributed by atoms with van der Waals surface area (Å²) in [6, 6.07) is 7.76. The Balaban J connectivity index is 2.26. The summed E-state index contributed by atoms with van der Waals surface area (Å²) >= 11 is 0. The largest absolute Gasteiger partial charge is 0.497 e. The van der Waals surface area contributed by atoms with Crippen molar-refractivity contribution in [2.45, 2.75) is 39.7 Å². The van der Waals surface area contributed by atoms with Crippen molar-refractivity contribution in [1.82, 2.24) is 0 Å². The Kier molecular flexibility index (Phi) is 4.00. The standard InChI is InChI=1S/C17H24O2/c1-12-8-9-15(17(2,3)11-12)16(18)13-6-5-7-14(10-13)19-4/h5-7,10-11,15-16,18H,8-9H2,1-4H3/t15-,16?/m1/s1. The smallest absolute Gasteiger partial charge is 0.119 e. The number of aliphatic hydroxyl groups is 1. The van der Waals surface area contributed by atoms with E-state index in [2.05, 4.69) is 26.8 Å². The zero-order chi connectivity index (χ0) is 14.0. The van der Waals surface area contributed by atoms with Crippen molar-refractivity contribution in [3.05, 3.63) is 41.5 Å². The van der Waals surface area contributed by atoms with Gasteiger partial charge in [0.2, 0.25) is 0 Å². The lowest BCUT2D eigenvalue weighted by Gasteiger charge is -2.39. The van der Waals surface area contributed by atoms with Gasteiger partial charge in [-0.1, -0.05) is 37.6 Å². The molecule has 1 aliphatic rings. The SMILES string of the molecule is COc1cccc(C(O)[C@H]2CCC(C)=CC2(C)C)c1. The molecule has 2 rings (SSSR count). The monoisotopic (exact) mass is 260 g/mol. The number of ether oxygens (including phenoxy) is 1. The van der Waals surface area contributed by atoms with Gasteiger partial charge in [0.15, 0.2) is 0 Å². The van der Waals surface area contributed by atoms with Crippen molar-refractivity contribution in [1.29, 1.82) is 0 Å². The normalized spacial score (nSPS) is 23.6. The van der Waals surface area contributed by atoms with Gasteiger partial charge in [0.25, 0.3) is 0 Å². The van der Waals surface area contributed by atoms with E-state index < -0.39 is 6.10 Å². The van der Waals surface area contributed by atoms with E-state index in [-0.39, 0.29) is 11.3 Å². The molecular formula is C17H24O2. The fourth-order valence-corrected chi connectivity index (χ4v) is 3.19. The van der Waals surface area contributed by atoms with Gasteiger partial charge < -0.3 is 9.84 Å². The second-order valence-corrected chi connectivity index (χ2v) is 6.18. The van der Waals surface area contributed by atoms with Crippen LogP contribution in [0.25, 0.3) is 0 Å². The molecule has 1 aromatic carbocycles. The molecular weight excluding hydrogens is 236 g/mol. The third-order valence-electron chi connectivity index (χ3n) is 4.24. The van der Waals surface area contributed by atoms with E-state index in [0.717, 1.165) is 24.2 Å². The van der Waals surface area contributed by atoms with Gasteiger partial charge in [-0.2, -0.15) is 0 Å². The summed E-state index contributed by atoms with van der Waals surface area (Å²) in [5, 5.41) is 10.7. The predicted octanol–water partition coefficient (Wildman–Crippen LogP) is 4.11. The second-order valence-electron chi connectivity index (χ2n) is 6.18. The van der Waals surface area contributed by atoms with Crippen LogP contribution < -0.4 is 4.74 Å². The van der Waals surface area contributed by atoms with Gasteiger partial charge in [-0.15, -0.1) is 0 Å². The van der Waals surface area contributed by atoms with Gasteiger partial charge in [0.1, 0.15) is 5.75 Å². The third-order valence-corrected chi connectivity index (χ3v) is 4.24. The maximum atomic E-state index is 10.7. The van der Waals surface area contributed by atoms with Gasteiger partial charge in [0.05, 0.1) is 13.2 Å². The Labute approximate surface area is 116 Å². The third kappa shape index (κ3) is 3.01. The fraction of sp³-hybridized carbons (Fsp3) is 0.529. The van der Waals surface area contributed by atoms with Crippen LogP contribution in [0.15, 0.2) is 35.9 Å². The molecule has 0 radical (unpaired) electrons. The minimum Gasteiger partial charge on any atom is -0.497 e. The number of rotatable bonds is 3. The number of benzene rings is 1. The molecule has 0 bridgehead atoms. The topological polar surface area (TPSA) is 29.5 Å². The molecule has 0 spiro atoms. The van der Waals surface area contributed by atoms with E-state index in [4.69, 9.17) is 4.74 Å². The first kappa shape index (κ1) is 14.1. The summed E-state index contributed by atoms with van der Waals surface area (Å²) in [4.78, 5) is 0. The second kappa shape index (κ2) is 5.38. The Hall–Kier alpha value is -1.28. The van der Waals surface area contributed by atoms with Crippen molar-refractivity contribution < 1.29 is 9.84 Å². The summed E-state index contributed by atoms with van der Waals surface area (Å²) in [5.41, 5.74) is 2.41. The maximum absolute atomic E-state index is 10.7. The van der Waals surface area contributed by atoms with E-state index in [1.165, 1.54) is 5.57 Å². The predicted molar refractivity (Wildman–Crippen MR) is 78.2 cm³/mol. The molecule has 0 heterocycles. The van der Waals surface area contributed by atoms with Crippen LogP contribution in [0.4, 0.5) is 0 Å². The van der Waals surface area contributed by atoms with Crippen molar-refractivity contribution >= 4 is 0 Å². The Morgan fingerprint density at radius 2 is 2.11 bits per heavy atom. The molecule has 0 amide bonds. The number of methoxy groups -OCH3 is 1.